The molecule has 94 valence electrons. The second kappa shape index (κ2) is 5.14. The number of hydrogen-bond donors (Lipinski definition) is 1. The highest BCUT2D eigenvalue weighted by atomic mass is 32.2. The Morgan fingerprint density at radius 3 is 2.53 bits per heavy atom. The summed E-state index contributed by atoms with van der Waals surface area (Å²) in [6, 6.07) is 6.60. The maximum atomic E-state index is 11.1. The zero-order chi connectivity index (χ0) is 12.3. The minimum absolute atomic E-state index is 0.140. The third-order valence-corrected chi connectivity index (χ3v) is 3.63. The second-order valence-corrected chi connectivity index (χ2v) is 5.57. The number of aryl methyl sites for hydroxylation is 1. The van der Waals surface area contributed by atoms with E-state index in [1.165, 1.54) is 12.1 Å². The van der Waals surface area contributed by atoms with Gasteiger partial charge in [0.25, 0.3) is 0 Å². The van der Waals surface area contributed by atoms with E-state index in [-0.39, 0.29) is 11.0 Å². The molecule has 1 aromatic rings. The number of nitrogens with two attached hydrogens (primary N) is 1. The van der Waals surface area contributed by atoms with E-state index in [1.54, 1.807) is 12.1 Å². The average molecular weight is 257 g/mol. The van der Waals surface area contributed by atoms with Crippen molar-refractivity contribution in [2.75, 3.05) is 13.4 Å². The molecule has 0 bridgehead atoms. The minimum atomic E-state index is -3.59. The van der Waals surface area contributed by atoms with Gasteiger partial charge < -0.3 is 9.47 Å². The standard InChI is InChI=1S/C11H15NO4S/c12-17(13,14)11-5-2-9(3-6-11)1-4-10-7-15-8-16-10/h2-3,5-6,10H,1,4,7-8H2,(H2,12,13,14). The van der Waals surface area contributed by atoms with Gasteiger partial charge in [0.05, 0.1) is 17.6 Å². The molecule has 0 saturated carbocycles. The van der Waals surface area contributed by atoms with Gasteiger partial charge >= 0.3 is 0 Å². The molecule has 1 aromatic carbocycles. The van der Waals surface area contributed by atoms with Crippen LogP contribution in [0.5, 0.6) is 0 Å². The Morgan fingerprint density at radius 2 is 2.00 bits per heavy atom. The molecule has 2 rings (SSSR count). The fraction of sp³-hybridized carbons (Fsp3) is 0.455. The van der Waals surface area contributed by atoms with Crippen LogP contribution in [0.2, 0.25) is 0 Å². The zero-order valence-electron chi connectivity index (χ0n) is 9.33. The van der Waals surface area contributed by atoms with Gasteiger partial charge in [-0.3, -0.25) is 0 Å². The zero-order valence-corrected chi connectivity index (χ0v) is 10.2. The van der Waals surface area contributed by atoms with Gasteiger partial charge in [0.15, 0.2) is 0 Å². The molecule has 1 heterocycles. The maximum Gasteiger partial charge on any atom is 0.238 e. The van der Waals surface area contributed by atoms with Crippen LogP contribution in [-0.2, 0) is 25.9 Å². The molecule has 1 aliphatic rings. The van der Waals surface area contributed by atoms with E-state index >= 15 is 0 Å². The van der Waals surface area contributed by atoms with Crippen LogP contribution in [0, 0.1) is 0 Å². The van der Waals surface area contributed by atoms with Crippen LogP contribution in [-0.4, -0.2) is 27.9 Å². The van der Waals surface area contributed by atoms with Gasteiger partial charge in [-0.05, 0) is 30.5 Å². The predicted molar refractivity (Wildman–Crippen MR) is 61.8 cm³/mol. The molecule has 0 radical (unpaired) electrons. The van der Waals surface area contributed by atoms with Gasteiger partial charge in [-0.25, -0.2) is 13.6 Å². The number of primary sulfonamides is 1. The van der Waals surface area contributed by atoms with E-state index in [2.05, 4.69) is 0 Å². The lowest BCUT2D eigenvalue weighted by Gasteiger charge is -2.07. The maximum absolute atomic E-state index is 11.1. The summed E-state index contributed by atoms with van der Waals surface area (Å²) < 4.78 is 32.5. The third kappa shape index (κ3) is 3.50. The lowest BCUT2D eigenvalue weighted by molar-refractivity contribution is 0.0448. The summed E-state index contributed by atoms with van der Waals surface area (Å²) in [5.74, 6) is 0. The first-order valence-corrected chi connectivity index (χ1v) is 6.91. The fourth-order valence-electron chi connectivity index (χ4n) is 1.71. The van der Waals surface area contributed by atoms with Crippen molar-refractivity contribution in [2.24, 2.45) is 5.14 Å². The lowest BCUT2D eigenvalue weighted by Crippen LogP contribution is -2.12. The Labute approximate surface area is 101 Å². The molecule has 0 aliphatic carbocycles. The van der Waals surface area contributed by atoms with Crippen molar-refractivity contribution < 1.29 is 17.9 Å². The summed E-state index contributed by atoms with van der Waals surface area (Å²) in [7, 11) is -3.59. The average Bonchev–Trinajstić information content (AvgIpc) is 2.78. The molecular formula is C11H15NO4S. The first-order valence-electron chi connectivity index (χ1n) is 5.37. The van der Waals surface area contributed by atoms with Crippen molar-refractivity contribution in [2.45, 2.75) is 23.8 Å². The van der Waals surface area contributed by atoms with Gasteiger partial charge in [-0.15, -0.1) is 0 Å². The van der Waals surface area contributed by atoms with Gasteiger partial charge in [-0.1, -0.05) is 12.1 Å². The highest BCUT2D eigenvalue weighted by Crippen LogP contribution is 2.14. The van der Waals surface area contributed by atoms with Crippen LogP contribution in [0.3, 0.4) is 0 Å². The van der Waals surface area contributed by atoms with Crippen molar-refractivity contribution in [1.82, 2.24) is 0 Å². The van der Waals surface area contributed by atoms with Crippen LogP contribution in [0.15, 0.2) is 29.2 Å². The van der Waals surface area contributed by atoms with Gasteiger partial charge in [0, 0.05) is 0 Å². The molecule has 1 fully saturated rings. The van der Waals surface area contributed by atoms with E-state index in [1.807, 2.05) is 0 Å². The Bertz CT molecular complexity index is 463. The van der Waals surface area contributed by atoms with Gasteiger partial charge in [-0.2, -0.15) is 0 Å². The van der Waals surface area contributed by atoms with Gasteiger partial charge in [0.1, 0.15) is 6.79 Å². The fourth-order valence-corrected chi connectivity index (χ4v) is 2.23. The molecule has 1 saturated heterocycles. The van der Waals surface area contributed by atoms with Crippen molar-refractivity contribution in [3.05, 3.63) is 29.8 Å². The van der Waals surface area contributed by atoms with Crippen LogP contribution in [0.25, 0.3) is 0 Å². The lowest BCUT2D eigenvalue weighted by atomic mass is 10.1. The van der Waals surface area contributed by atoms with E-state index in [0.717, 1.165) is 18.4 Å². The molecular weight excluding hydrogens is 242 g/mol. The van der Waals surface area contributed by atoms with Crippen molar-refractivity contribution >= 4 is 10.0 Å². The molecule has 0 spiro atoms. The summed E-state index contributed by atoms with van der Waals surface area (Å²) in [6.45, 7) is 1.00. The SMILES string of the molecule is NS(=O)(=O)c1ccc(CCC2COCO2)cc1. The molecule has 6 heteroatoms. The summed E-state index contributed by atoms with van der Waals surface area (Å²) in [5, 5.41) is 5.02. The van der Waals surface area contributed by atoms with Crippen LogP contribution < -0.4 is 5.14 Å². The predicted octanol–water partition coefficient (Wildman–Crippen LogP) is 0.639. The summed E-state index contributed by atoms with van der Waals surface area (Å²) in [5.41, 5.74) is 1.06. The molecule has 0 aromatic heterocycles. The number of ether oxygens (including phenoxy) is 2. The van der Waals surface area contributed by atoms with Gasteiger partial charge in [0.2, 0.25) is 10.0 Å². The first-order chi connectivity index (χ1) is 8.05. The van der Waals surface area contributed by atoms with Crippen molar-refractivity contribution in [3.63, 3.8) is 0 Å². The summed E-state index contributed by atoms with van der Waals surface area (Å²) >= 11 is 0. The Hall–Kier alpha value is -0.950. The monoisotopic (exact) mass is 257 g/mol. The number of rotatable bonds is 4. The molecule has 17 heavy (non-hydrogen) atoms. The minimum Gasteiger partial charge on any atom is -0.353 e. The molecule has 1 atom stereocenters. The summed E-state index contributed by atoms with van der Waals surface area (Å²) in [6.07, 6.45) is 1.85. The molecule has 0 amide bonds. The molecule has 1 aliphatic heterocycles. The number of sulfonamides is 1. The smallest absolute Gasteiger partial charge is 0.238 e. The van der Waals surface area contributed by atoms with Crippen molar-refractivity contribution in [1.29, 1.82) is 0 Å². The third-order valence-electron chi connectivity index (χ3n) is 2.70. The molecule has 1 unspecified atom stereocenters. The highest BCUT2D eigenvalue weighted by Gasteiger charge is 2.15. The second-order valence-electron chi connectivity index (χ2n) is 4.00. The van der Waals surface area contributed by atoms with Crippen LogP contribution >= 0.6 is 0 Å². The molecule has 2 N–H and O–H groups in total. The first kappa shape index (κ1) is 12.5. The van der Waals surface area contributed by atoms with E-state index in [4.69, 9.17) is 14.6 Å². The summed E-state index contributed by atoms with van der Waals surface area (Å²) in [4.78, 5) is 0.140. The van der Waals surface area contributed by atoms with Crippen molar-refractivity contribution in [3.8, 4) is 0 Å². The number of benzene rings is 1. The highest BCUT2D eigenvalue weighted by molar-refractivity contribution is 7.89. The van der Waals surface area contributed by atoms with Crippen LogP contribution in [0.4, 0.5) is 0 Å². The molecule has 5 nitrogen and oxygen atoms in total. The quantitative estimate of drug-likeness (QED) is 0.858. The Balaban J connectivity index is 1.94. The van der Waals surface area contributed by atoms with E-state index in [9.17, 15) is 8.42 Å². The topological polar surface area (TPSA) is 78.6 Å². The normalized spacial score (nSPS) is 20.6. The Kier molecular flexibility index (Phi) is 3.78. The Morgan fingerprint density at radius 1 is 1.29 bits per heavy atom. The van der Waals surface area contributed by atoms with E-state index in [0.29, 0.717) is 13.4 Å². The van der Waals surface area contributed by atoms with Crippen LogP contribution in [0.1, 0.15) is 12.0 Å². The van der Waals surface area contributed by atoms with E-state index < -0.39 is 10.0 Å². The number of hydrogen-bond acceptors (Lipinski definition) is 4. The largest absolute Gasteiger partial charge is 0.353 e.